The Labute approximate surface area is 709 Å². The summed E-state index contributed by atoms with van der Waals surface area (Å²) in [5.41, 5.74) is 2.61. The topological polar surface area (TPSA) is 182 Å². The van der Waals surface area contributed by atoms with Crippen molar-refractivity contribution in [3.63, 3.8) is 0 Å². The van der Waals surface area contributed by atoms with Crippen LogP contribution in [0.15, 0.2) is 95.5 Å². The second-order valence-corrected chi connectivity index (χ2v) is 75.9. The van der Waals surface area contributed by atoms with Gasteiger partial charge in [0.2, 0.25) is 0 Å². The zero-order valence-corrected chi connectivity index (χ0v) is 83.3. The molecule has 0 radical (unpaired) electrons. The Morgan fingerprint density at radius 2 is 0.690 bits per heavy atom. The van der Waals surface area contributed by atoms with Crippen LogP contribution in [0.5, 0.6) is 0 Å². The number of Topliss-reactive ketones (excluding diaryl/α,β-unsaturated/α-hetero) is 2. The van der Waals surface area contributed by atoms with Crippen molar-refractivity contribution < 1.29 is 56.8 Å². The zero-order chi connectivity index (χ0) is 82.1. The molecular weight excluding hydrogens is 1660 g/mol. The lowest BCUT2D eigenvalue weighted by Gasteiger charge is -2.32. The summed E-state index contributed by atoms with van der Waals surface area (Å²) in [5.74, 6) is -0.534. The van der Waals surface area contributed by atoms with Crippen LogP contribution in [0.3, 0.4) is 0 Å². The van der Waals surface area contributed by atoms with Crippen molar-refractivity contribution in [3.05, 3.63) is 108 Å². The number of nitrogens with zero attached hydrogens (tertiary/aromatic N) is 1. The molecule has 0 saturated carbocycles. The molecule has 0 saturated heterocycles. The summed E-state index contributed by atoms with van der Waals surface area (Å²) in [5, 5.41) is 3.28. The standard InChI is InChI=1S/C46H85N2O7P13.C40H68O5/c1-2-3-4-5-6-7-8-9-10-12-16-19-28-35-46(51)55-43(40-54-63(53-38-41-30-23-21-24-31-41)48-62-67(64(56)57)68(65(58)59)66(60)61)39-52-45(50)34-27-18-15-13-11-14-17-20-29-36-47-37-44(49)42-32-25-22-26-33-42;1-3-5-6-7-8-9-10-11-12-17-20-23-29-34-40(43)45-37(4-2)35-44-39(42)33-28-22-19-16-14-13-15-18-21-27-32-38(41)36-30-25-24-26-31-36/h21-26,30-33,43,47H,2-20,27-29,34-40,56-61H2,1H3;24-26,30-31,37H,3-23,27-29,32-35H2,1-2H3/t43-,63?,67?;37-/m10/s1. The summed E-state index contributed by atoms with van der Waals surface area (Å²) in [6, 6.07) is 29.0. The number of carbonyl (C=O) groups is 6. The Morgan fingerprint density at radius 1 is 0.363 bits per heavy atom. The van der Waals surface area contributed by atoms with Gasteiger partial charge in [-0.3, -0.25) is 28.8 Å². The van der Waals surface area contributed by atoms with Gasteiger partial charge in [0.05, 0.1) is 27.8 Å². The van der Waals surface area contributed by atoms with Gasteiger partial charge in [-0.2, -0.15) is 4.52 Å². The van der Waals surface area contributed by atoms with Crippen LogP contribution in [0.25, 0.3) is 0 Å². The summed E-state index contributed by atoms with van der Waals surface area (Å²) in [7, 11) is 17.6. The Morgan fingerprint density at radius 3 is 1.06 bits per heavy atom. The quantitative estimate of drug-likeness (QED) is 0.0185. The SMILES string of the molecule is CCCCCCCCCCCCCCCC(=O)O[C@@H](CC)COC(=O)CCCCCCCCCCCCC(=O)c1ccccc1.CCCCCCCCCCCCCCCC(=O)O[C@H](COC(=O)CCCCCCCCCCCNCC(=O)c1ccccc1)COP(N=PP(P(P)P)P(P(P)P)P(P)P)OCc1ccccc1. The average Bonchev–Trinajstić information content (AvgIpc) is 0.855. The first-order chi connectivity index (χ1) is 55.1. The maximum atomic E-state index is 13.2. The first-order valence-electron chi connectivity index (χ1n) is 43.7. The van der Waals surface area contributed by atoms with E-state index < -0.39 is 21.6 Å². The van der Waals surface area contributed by atoms with Crippen molar-refractivity contribution in [2.45, 2.75) is 367 Å². The highest BCUT2D eigenvalue weighted by Gasteiger charge is 2.31. The van der Waals surface area contributed by atoms with E-state index in [1.54, 1.807) is 0 Å². The summed E-state index contributed by atoms with van der Waals surface area (Å²) >= 11 is 0. The second-order valence-electron chi connectivity index (χ2n) is 29.9. The fraction of sp³-hybridized carbons (Fsp3) is 0.721. The van der Waals surface area contributed by atoms with Crippen LogP contribution in [0.4, 0.5) is 0 Å². The maximum absolute atomic E-state index is 13.2. The number of benzene rings is 3. The summed E-state index contributed by atoms with van der Waals surface area (Å²) < 4.78 is 40.5. The number of ketones is 2. The van der Waals surface area contributed by atoms with Gasteiger partial charge >= 0.3 is 32.4 Å². The van der Waals surface area contributed by atoms with Crippen molar-refractivity contribution in [1.82, 2.24) is 5.32 Å². The molecule has 644 valence electrons. The van der Waals surface area contributed by atoms with Gasteiger partial charge in [0.25, 0.3) is 0 Å². The van der Waals surface area contributed by atoms with Gasteiger partial charge in [-0.1, -0.05) is 362 Å². The van der Waals surface area contributed by atoms with Crippen molar-refractivity contribution in [2.75, 3.05) is 32.9 Å². The van der Waals surface area contributed by atoms with E-state index in [2.05, 4.69) is 72.7 Å². The Balaban J connectivity index is 0.000000834. The van der Waals surface area contributed by atoms with Crippen molar-refractivity contribution in [2.24, 2.45) is 4.52 Å². The molecule has 0 bridgehead atoms. The molecule has 3 aromatic carbocycles. The van der Waals surface area contributed by atoms with Crippen LogP contribution >= 0.6 is 105 Å². The van der Waals surface area contributed by atoms with Gasteiger partial charge in [0.15, 0.2) is 17.7 Å². The normalized spacial score (nSPS) is 12.6. The fourth-order valence-corrected chi connectivity index (χ4v) is 120. The molecule has 0 spiro atoms. The van der Waals surface area contributed by atoms with Crippen LogP contribution in [0.2, 0.25) is 0 Å². The van der Waals surface area contributed by atoms with Gasteiger partial charge < -0.3 is 33.3 Å². The lowest BCUT2D eigenvalue weighted by molar-refractivity contribution is -0.161. The highest BCUT2D eigenvalue weighted by molar-refractivity contribution is 9.22. The number of nitrogens with one attached hydrogen (secondary N) is 1. The first kappa shape index (κ1) is 109. The summed E-state index contributed by atoms with van der Waals surface area (Å²) in [6.45, 7) is 6.61. The molecule has 0 aliphatic heterocycles. The Bertz CT molecular complexity index is 2790. The van der Waals surface area contributed by atoms with Crippen LogP contribution < -0.4 is 5.32 Å². The number of hydrogen-bond acceptors (Lipinski definition) is 14. The highest BCUT2D eigenvalue weighted by Crippen LogP contribution is 3.17. The average molecular weight is 1810 g/mol. The van der Waals surface area contributed by atoms with Crippen molar-refractivity contribution in [3.8, 4) is 0 Å². The highest BCUT2D eigenvalue weighted by atomic mass is 33.3. The minimum Gasteiger partial charge on any atom is -0.462 e. The first-order valence-corrected chi connectivity index (χ1v) is 65.6. The van der Waals surface area contributed by atoms with Crippen molar-refractivity contribution >= 4 is 141 Å². The third-order valence-corrected chi connectivity index (χ3v) is 86.5. The second kappa shape index (κ2) is 79.2. The maximum Gasteiger partial charge on any atom is 0.314 e. The molecule has 3 rings (SSSR count). The predicted octanol–water partition coefficient (Wildman–Crippen LogP) is 31.5. The molecule has 113 heavy (non-hydrogen) atoms. The van der Waals surface area contributed by atoms with Gasteiger partial charge in [0, 0.05) is 57.2 Å². The van der Waals surface area contributed by atoms with Gasteiger partial charge in [0.1, 0.15) is 19.3 Å². The number of esters is 4. The minimum absolute atomic E-state index is 0.0325. The molecule has 27 heteroatoms. The molecular formula is C86H153N2O12P13. The lowest BCUT2D eigenvalue weighted by atomic mass is 10.0. The van der Waals surface area contributed by atoms with E-state index in [4.69, 9.17) is 32.5 Å². The van der Waals surface area contributed by atoms with E-state index in [1.807, 2.05) is 97.9 Å². The Kier molecular flexibility index (Phi) is 76.5. The summed E-state index contributed by atoms with van der Waals surface area (Å²) in [4.78, 5) is 74.9. The van der Waals surface area contributed by atoms with Crippen LogP contribution in [-0.2, 0) is 53.8 Å². The Hall–Kier alpha value is 0.0200. The number of carbonyl (C=O) groups excluding carboxylic acids is 6. The van der Waals surface area contributed by atoms with E-state index in [9.17, 15) is 28.8 Å². The number of unbranched alkanes of at least 4 members (excludes halogenated alkanes) is 41. The number of ether oxygens (including phenoxy) is 4. The fourth-order valence-electron chi connectivity index (χ4n) is 12.8. The molecule has 0 heterocycles. The molecule has 0 aliphatic carbocycles. The molecule has 0 fully saturated rings. The molecule has 14 nitrogen and oxygen atoms in total. The van der Waals surface area contributed by atoms with Crippen LogP contribution in [0, 0.1) is 0 Å². The zero-order valence-electron chi connectivity index (χ0n) is 70.1. The van der Waals surface area contributed by atoms with E-state index in [1.165, 1.54) is 186 Å². The predicted molar refractivity (Wildman–Crippen MR) is 515 cm³/mol. The van der Waals surface area contributed by atoms with E-state index >= 15 is 0 Å². The molecule has 0 amide bonds. The smallest absolute Gasteiger partial charge is 0.314 e. The summed E-state index contributed by atoms with van der Waals surface area (Å²) in [6.07, 6.45) is 55.6. The van der Waals surface area contributed by atoms with Crippen LogP contribution in [0.1, 0.15) is 375 Å². The molecule has 8 unspecified atom stereocenters. The van der Waals surface area contributed by atoms with E-state index in [-0.39, 0.29) is 89.3 Å². The van der Waals surface area contributed by atoms with E-state index in [0.29, 0.717) is 51.7 Å². The minimum atomic E-state index is -1.68. The van der Waals surface area contributed by atoms with Crippen molar-refractivity contribution in [1.29, 1.82) is 0 Å². The number of rotatable bonds is 76. The van der Waals surface area contributed by atoms with Crippen LogP contribution in [-0.4, -0.2) is 80.6 Å². The largest absolute Gasteiger partial charge is 0.462 e. The van der Waals surface area contributed by atoms with Gasteiger partial charge in [-0.05, 0) is 78.0 Å². The van der Waals surface area contributed by atoms with Gasteiger partial charge in [-0.15, -0.1) is 53.6 Å². The molecule has 3 aromatic rings. The lowest BCUT2D eigenvalue weighted by Crippen LogP contribution is -2.29. The molecule has 10 atom stereocenters. The molecule has 0 aromatic heterocycles. The molecule has 1 N–H and O–H groups in total. The molecule has 0 aliphatic rings. The van der Waals surface area contributed by atoms with Gasteiger partial charge in [-0.25, -0.2) is 0 Å². The van der Waals surface area contributed by atoms with E-state index in [0.717, 1.165) is 134 Å². The monoisotopic (exact) mass is 1810 g/mol. The third-order valence-electron chi connectivity index (χ3n) is 19.7. The number of hydrogen-bond donors (Lipinski definition) is 1. The third kappa shape index (κ3) is 65.4.